The molecular formula is C30H30F5N5O2. The second-order valence-electron chi connectivity index (χ2n) is 12.2. The van der Waals surface area contributed by atoms with Crippen LogP contribution in [0.4, 0.5) is 27.6 Å². The number of aromatic nitrogens is 3. The van der Waals surface area contributed by atoms with Crippen molar-refractivity contribution in [2.45, 2.75) is 68.4 Å². The number of nitrogens with one attached hydrogen (secondary N) is 1. The Morgan fingerprint density at radius 2 is 1.86 bits per heavy atom. The van der Waals surface area contributed by atoms with Gasteiger partial charge in [0.1, 0.15) is 12.2 Å². The summed E-state index contributed by atoms with van der Waals surface area (Å²) in [5.74, 6) is -3.64. The van der Waals surface area contributed by atoms with Crippen molar-refractivity contribution in [1.82, 2.24) is 20.1 Å². The summed E-state index contributed by atoms with van der Waals surface area (Å²) in [7, 11) is 3.51. The third-order valence-corrected chi connectivity index (χ3v) is 9.78. The van der Waals surface area contributed by atoms with E-state index in [1.165, 1.54) is 11.0 Å². The second-order valence-corrected chi connectivity index (χ2v) is 12.2. The highest BCUT2D eigenvalue weighted by atomic mass is 19.4. The minimum atomic E-state index is -4.66. The van der Waals surface area contributed by atoms with E-state index >= 15 is 0 Å². The van der Waals surface area contributed by atoms with Gasteiger partial charge in [-0.2, -0.15) is 13.2 Å². The number of carbonyl (C=O) groups excluding carboxylic acids is 1. The zero-order chi connectivity index (χ0) is 29.6. The van der Waals surface area contributed by atoms with Crippen LogP contribution in [0.1, 0.15) is 64.1 Å². The maximum atomic E-state index is 14.2. The summed E-state index contributed by atoms with van der Waals surface area (Å²) in [5.41, 5.74) is 0.289. The van der Waals surface area contributed by atoms with E-state index in [0.29, 0.717) is 36.9 Å². The molecule has 4 aliphatic rings. The van der Waals surface area contributed by atoms with Crippen molar-refractivity contribution in [2.75, 3.05) is 12.0 Å². The topological polar surface area (TPSA) is 72.3 Å². The summed E-state index contributed by atoms with van der Waals surface area (Å²) in [5, 5.41) is 11.5. The van der Waals surface area contributed by atoms with Gasteiger partial charge >= 0.3 is 6.18 Å². The van der Waals surface area contributed by atoms with Crippen molar-refractivity contribution < 1.29 is 31.5 Å². The van der Waals surface area contributed by atoms with Crippen LogP contribution in [0.5, 0.6) is 0 Å². The number of hydrogen-bond donors (Lipinski definition) is 1. The van der Waals surface area contributed by atoms with Crippen molar-refractivity contribution in [2.24, 2.45) is 18.9 Å². The van der Waals surface area contributed by atoms with E-state index in [1.807, 2.05) is 23.7 Å². The van der Waals surface area contributed by atoms with Crippen LogP contribution < -0.4 is 10.2 Å². The summed E-state index contributed by atoms with van der Waals surface area (Å²) >= 11 is 0. The van der Waals surface area contributed by atoms with Gasteiger partial charge in [0.2, 0.25) is 0 Å². The maximum Gasteiger partial charge on any atom is 0.416 e. The third kappa shape index (κ3) is 4.16. The van der Waals surface area contributed by atoms with Crippen LogP contribution in [0.25, 0.3) is 0 Å². The molecule has 7 rings (SSSR count). The largest absolute Gasteiger partial charge is 0.416 e. The van der Waals surface area contributed by atoms with Gasteiger partial charge < -0.3 is 19.5 Å². The molecule has 1 aliphatic heterocycles. The number of benzene rings is 2. The van der Waals surface area contributed by atoms with E-state index in [4.69, 9.17) is 4.74 Å². The number of carbonyl (C=O) groups is 1. The van der Waals surface area contributed by atoms with Crippen molar-refractivity contribution in [1.29, 1.82) is 0 Å². The Balaban J connectivity index is 1.17. The van der Waals surface area contributed by atoms with Crippen molar-refractivity contribution >= 4 is 11.6 Å². The average Bonchev–Trinajstić information content (AvgIpc) is 3.43. The first kappa shape index (κ1) is 27.5. The lowest BCUT2D eigenvalue weighted by atomic mass is 9.62. The number of amides is 1. The predicted octanol–water partition coefficient (Wildman–Crippen LogP) is 5.22. The fourth-order valence-electron chi connectivity index (χ4n) is 7.39. The van der Waals surface area contributed by atoms with Gasteiger partial charge in [0.15, 0.2) is 0 Å². The standard InChI is InChI=1S/C30H30F5N5O2/c1-39-15-37-38-27(39)28(11-20(12-28)42-2)17-4-3-5-19(8-17)40-14-22-21(26(40)41)6-16(7-23(22)30(33,34)35)13-36-18-9-24-25(10-18)29(24,31)32/h3-8,15,18,20,24-25,36H,9-14H2,1-2H3/t18?,20-,24?,25?,28-. The average molecular weight is 588 g/mol. The molecule has 7 nitrogen and oxygen atoms in total. The van der Waals surface area contributed by atoms with E-state index in [0.717, 1.165) is 17.5 Å². The first-order chi connectivity index (χ1) is 19.9. The molecule has 3 saturated carbocycles. The summed E-state index contributed by atoms with van der Waals surface area (Å²) in [4.78, 5) is 15.0. The number of anilines is 1. The first-order valence-electron chi connectivity index (χ1n) is 14.1. The molecule has 1 N–H and O–H groups in total. The molecule has 2 aromatic carbocycles. The minimum Gasteiger partial charge on any atom is -0.381 e. The molecule has 42 heavy (non-hydrogen) atoms. The van der Waals surface area contributed by atoms with Crippen LogP contribution in [0.3, 0.4) is 0 Å². The Kier molecular flexibility index (Phi) is 6.08. The molecule has 0 spiro atoms. The Morgan fingerprint density at radius 3 is 2.50 bits per heavy atom. The summed E-state index contributed by atoms with van der Waals surface area (Å²) in [6.07, 6.45) is -1.10. The van der Waals surface area contributed by atoms with Gasteiger partial charge in [-0.05, 0) is 66.6 Å². The van der Waals surface area contributed by atoms with E-state index in [1.54, 1.807) is 25.6 Å². The molecule has 3 aliphatic carbocycles. The van der Waals surface area contributed by atoms with Crippen LogP contribution in [0.15, 0.2) is 42.7 Å². The number of hydrogen-bond acceptors (Lipinski definition) is 5. The molecule has 12 heteroatoms. The van der Waals surface area contributed by atoms with Gasteiger partial charge in [0, 0.05) is 49.8 Å². The Labute approximate surface area is 239 Å². The number of methoxy groups -OCH3 is 1. The van der Waals surface area contributed by atoms with Gasteiger partial charge in [-0.25, -0.2) is 8.78 Å². The summed E-state index contributed by atoms with van der Waals surface area (Å²) < 4.78 is 77.2. The number of rotatable bonds is 7. The van der Waals surface area contributed by atoms with E-state index in [9.17, 15) is 26.7 Å². The SMILES string of the molecule is CO[C@H]1C[C@](c2cccc(N3Cc4c(cc(CNC5CC6C(C5)C6(F)F)cc4C(F)(F)F)C3=O)c2)(c2nncn2C)C1. The minimum absolute atomic E-state index is 0.0129. The van der Waals surface area contributed by atoms with Gasteiger partial charge in [0.25, 0.3) is 11.8 Å². The number of ether oxygens (including phenoxy) is 1. The Hall–Kier alpha value is -3.38. The van der Waals surface area contributed by atoms with Crippen LogP contribution >= 0.6 is 0 Å². The molecular weight excluding hydrogens is 557 g/mol. The number of nitrogens with zero attached hydrogens (tertiary/aromatic N) is 4. The molecule has 2 heterocycles. The van der Waals surface area contributed by atoms with Crippen LogP contribution in [0, 0.1) is 11.8 Å². The lowest BCUT2D eigenvalue weighted by molar-refractivity contribution is -0.138. The number of aryl methyl sites for hydroxylation is 1. The molecule has 0 bridgehead atoms. The highest BCUT2D eigenvalue weighted by Crippen LogP contribution is 2.64. The van der Waals surface area contributed by atoms with Gasteiger partial charge in [-0.1, -0.05) is 12.1 Å². The molecule has 222 valence electrons. The van der Waals surface area contributed by atoms with Gasteiger partial charge in [-0.3, -0.25) is 4.79 Å². The Bertz CT molecular complexity index is 1550. The summed E-state index contributed by atoms with van der Waals surface area (Å²) in [6, 6.07) is 9.71. The molecule has 0 radical (unpaired) electrons. The first-order valence-corrected chi connectivity index (χ1v) is 14.1. The lowest BCUT2D eigenvalue weighted by Gasteiger charge is -2.46. The zero-order valence-electron chi connectivity index (χ0n) is 23.1. The second kappa shape index (κ2) is 9.31. The molecule has 1 aromatic heterocycles. The van der Waals surface area contributed by atoms with Crippen molar-refractivity contribution in [3.63, 3.8) is 0 Å². The molecule has 3 fully saturated rings. The van der Waals surface area contributed by atoms with Crippen LogP contribution in [-0.4, -0.2) is 45.8 Å². The quantitative estimate of drug-likeness (QED) is 0.384. The third-order valence-electron chi connectivity index (χ3n) is 9.78. The normalized spacial score (nSPS) is 29.4. The Morgan fingerprint density at radius 1 is 1.12 bits per heavy atom. The van der Waals surface area contributed by atoms with E-state index in [-0.39, 0.29) is 36.4 Å². The number of fused-ring (bicyclic) bond motifs is 2. The zero-order valence-corrected chi connectivity index (χ0v) is 23.1. The summed E-state index contributed by atoms with van der Waals surface area (Å²) in [6.45, 7) is -0.144. The monoisotopic (exact) mass is 587 g/mol. The van der Waals surface area contributed by atoms with Crippen molar-refractivity contribution in [3.05, 3.63) is 76.4 Å². The van der Waals surface area contributed by atoms with Crippen LogP contribution in [-0.2, 0) is 36.5 Å². The molecule has 0 saturated heterocycles. The smallest absolute Gasteiger partial charge is 0.381 e. The molecule has 3 aromatic rings. The maximum absolute atomic E-state index is 14.2. The highest BCUT2D eigenvalue weighted by molar-refractivity contribution is 6.10. The lowest BCUT2D eigenvalue weighted by Crippen LogP contribution is -2.48. The molecule has 2 atom stereocenters. The van der Waals surface area contributed by atoms with Crippen molar-refractivity contribution in [3.8, 4) is 0 Å². The van der Waals surface area contributed by atoms with Crippen LogP contribution in [0.2, 0.25) is 0 Å². The van der Waals surface area contributed by atoms with E-state index < -0.39 is 40.8 Å². The fraction of sp³-hybridized carbons (Fsp3) is 0.500. The van der Waals surface area contributed by atoms with E-state index in [2.05, 4.69) is 15.5 Å². The number of halogens is 5. The van der Waals surface area contributed by atoms with Gasteiger partial charge in [0.05, 0.1) is 23.6 Å². The predicted molar refractivity (Wildman–Crippen MR) is 142 cm³/mol. The molecule has 2 unspecified atom stereocenters. The van der Waals surface area contributed by atoms with Gasteiger partial charge in [-0.15, -0.1) is 10.2 Å². The number of alkyl halides is 5. The highest BCUT2D eigenvalue weighted by Gasteiger charge is 2.71. The fourth-order valence-corrected chi connectivity index (χ4v) is 7.39. The molecule has 1 amide bonds.